The molecule has 1 atom stereocenters. The van der Waals surface area contributed by atoms with E-state index in [1.165, 1.54) is 24.2 Å². The fourth-order valence-electron chi connectivity index (χ4n) is 3.78. The summed E-state index contributed by atoms with van der Waals surface area (Å²) < 4.78 is 9.88. The Hall–Kier alpha value is -4.30. The topological polar surface area (TPSA) is 115 Å². The lowest BCUT2D eigenvalue weighted by molar-refractivity contribution is -0.270. The molecular weight excluding hydrogens is 436 g/mol. The van der Waals surface area contributed by atoms with Crippen LogP contribution in [0.4, 0.5) is 4.79 Å². The van der Waals surface area contributed by atoms with Gasteiger partial charge in [0.2, 0.25) is 6.04 Å². The molecule has 34 heavy (non-hydrogen) atoms. The van der Waals surface area contributed by atoms with Crippen molar-refractivity contribution in [3.8, 4) is 11.5 Å². The minimum absolute atomic E-state index is 0.202. The average Bonchev–Trinajstić information content (AvgIpc) is 3.18. The van der Waals surface area contributed by atoms with Gasteiger partial charge in [-0.2, -0.15) is 5.43 Å². The summed E-state index contributed by atoms with van der Waals surface area (Å²) in [5.74, 6) is 0.369. The van der Waals surface area contributed by atoms with E-state index in [4.69, 9.17) is 4.74 Å². The first-order chi connectivity index (χ1) is 16.3. The highest BCUT2D eigenvalue weighted by Gasteiger charge is 2.54. The molecule has 1 fully saturated rings. The molecule has 10 heteroatoms. The largest absolute Gasteiger partial charge is 0.870 e. The van der Waals surface area contributed by atoms with Gasteiger partial charge in [0, 0.05) is 7.05 Å². The maximum absolute atomic E-state index is 13.0. The Kier molecular flexibility index (Phi) is 6.25. The van der Waals surface area contributed by atoms with Gasteiger partial charge in [0.15, 0.2) is 0 Å². The first-order valence-electron chi connectivity index (χ1n) is 10.9. The fourth-order valence-corrected chi connectivity index (χ4v) is 3.78. The quantitative estimate of drug-likeness (QED) is 0.382. The normalized spacial score (nSPS) is 17.8. The van der Waals surface area contributed by atoms with Crippen LogP contribution in [0.25, 0.3) is 0 Å². The zero-order chi connectivity index (χ0) is 24.4. The number of hydrogen-bond donors (Lipinski definition) is 1. The number of benzene rings is 2. The number of hydrogen-bond acceptors (Lipinski definition) is 7. The second-order valence-corrected chi connectivity index (χ2v) is 8.06. The lowest BCUT2D eigenvalue weighted by Gasteiger charge is -2.31. The molecule has 2 heterocycles. The van der Waals surface area contributed by atoms with Gasteiger partial charge in [-0.3, -0.25) is 9.69 Å². The molecule has 3 amide bonds. The number of likely N-dealkylation sites (N-methyl/N-ethyl adjacent to an activating group) is 2. The van der Waals surface area contributed by atoms with E-state index in [0.29, 0.717) is 30.5 Å². The van der Waals surface area contributed by atoms with Crippen LogP contribution in [0.3, 0.4) is 0 Å². The number of nitrogens with one attached hydrogen (secondary N) is 1. The number of guanidine groups is 1. The van der Waals surface area contributed by atoms with Gasteiger partial charge in [-0.15, -0.1) is 5.10 Å². The molecule has 1 unspecified atom stereocenters. The number of rotatable bonds is 6. The molecule has 0 saturated carbocycles. The summed E-state index contributed by atoms with van der Waals surface area (Å²) in [5.41, 5.74) is 5.67. The first-order valence-corrected chi connectivity index (χ1v) is 10.9. The third-order valence-electron chi connectivity index (χ3n) is 5.65. The van der Waals surface area contributed by atoms with Crippen LogP contribution >= 0.6 is 0 Å². The van der Waals surface area contributed by atoms with Crippen LogP contribution in [-0.4, -0.2) is 71.4 Å². The molecule has 1 N–H and O–H groups in total. The Balaban J connectivity index is 1.62. The third kappa shape index (κ3) is 4.31. The second kappa shape index (κ2) is 9.29. The summed E-state index contributed by atoms with van der Waals surface area (Å²) in [6.07, 6.45) is 1.53. The lowest BCUT2D eigenvalue weighted by Crippen LogP contribution is -2.63. The molecular formula is C24H26N6O4. The highest BCUT2D eigenvalue weighted by molar-refractivity contribution is 6.23. The number of carbonyl (C=O) groups excluding carboxylic acids is 2. The van der Waals surface area contributed by atoms with Crippen molar-refractivity contribution in [1.82, 2.24) is 24.8 Å². The molecule has 1 saturated heterocycles. The number of aryl methyl sites for hydroxylation is 1. The number of amidine groups is 1. The number of nitrogens with zero attached hydrogens (tertiary/aromatic N) is 5. The molecule has 176 valence electrons. The van der Waals surface area contributed by atoms with Gasteiger partial charge >= 0.3 is 17.8 Å². The number of imide groups is 1. The number of carbonyl (C=O) groups is 2. The van der Waals surface area contributed by atoms with Gasteiger partial charge in [0.1, 0.15) is 5.75 Å². The highest BCUT2D eigenvalue weighted by Crippen LogP contribution is 2.24. The van der Waals surface area contributed by atoms with E-state index in [2.05, 4.69) is 15.2 Å². The highest BCUT2D eigenvalue weighted by atomic mass is 16.5. The van der Waals surface area contributed by atoms with Gasteiger partial charge in [0.25, 0.3) is 5.91 Å². The van der Waals surface area contributed by atoms with Crippen LogP contribution in [0.2, 0.25) is 0 Å². The summed E-state index contributed by atoms with van der Waals surface area (Å²) in [6.45, 7) is 4.58. The van der Waals surface area contributed by atoms with Crippen LogP contribution < -0.4 is 19.9 Å². The van der Waals surface area contributed by atoms with Gasteiger partial charge in [-0.25, -0.2) is 19.3 Å². The van der Waals surface area contributed by atoms with E-state index in [0.717, 1.165) is 16.0 Å². The average molecular weight is 463 g/mol. The molecule has 0 aromatic heterocycles. The van der Waals surface area contributed by atoms with Crippen molar-refractivity contribution >= 4 is 29.9 Å². The van der Waals surface area contributed by atoms with Gasteiger partial charge in [0.05, 0.1) is 26.4 Å². The molecule has 2 aliphatic rings. The van der Waals surface area contributed by atoms with E-state index in [9.17, 15) is 14.7 Å². The van der Waals surface area contributed by atoms with E-state index < -0.39 is 12.1 Å². The summed E-state index contributed by atoms with van der Waals surface area (Å²) in [4.78, 5) is 29.7. The standard InChI is InChI=1S/C24H26N6O4/c1-5-34-19-12-17(10-11-18(19)31)13-25-27-23-26-21-20(22(32)29(4)24(33)28(21)3)30(23)14-16-8-6-15(2)7-9-16/h6-13,20H,5,14H2,1-4H3,(H,25,31). The Bertz CT molecular complexity index is 1220. The molecule has 0 radical (unpaired) electrons. The van der Waals surface area contributed by atoms with Crippen molar-refractivity contribution in [2.45, 2.75) is 26.4 Å². The molecule has 2 aromatic rings. The molecule has 10 nitrogen and oxygen atoms in total. The van der Waals surface area contributed by atoms with Crippen molar-refractivity contribution in [2.75, 3.05) is 20.7 Å². The van der Waals surface area contributed by atoms with Crippen LogP contribution in [0.5, 0.6) is 11.5 Å². The number of ether oxygens (including phenoxy) is 1. The number of urea groups is 1. The number of fused-ring (bicyclic) bond motifs is 1. The van der Waals surface area contributed by atoms with Crippen LogP contribution in [-0.2, 0) is 11.3 Å². The number of hydrazone groups is 1. The lowest BCUT2D eigenvalue weighted by atomic mass is 10.1. The Labute approximate surface area is 197 Å². The van der Waals surface area contributed by atoms with Crippen molar-refractivity contribution in [3.05, 3.63) is 59.2 Å². The smallest absolute Gasteiger partial charge is 0.421 e. The zero-order valence-corrected chi connectivity index (χ0v) is 19.5. The summed E-state index contributed by atoms with van der Waals surface area (Å²) >= 11 is 0. The summed E-state index contributed by atoms with van der Waals surface area (Å²) in [5, 5.41) is 16.1. The van der Waals surface area contributed by atoms with E-state index >= 15 is 0 Å². The van der Waals surface area contributed by atoms with Crippen molar-refractivity contribution < 1.29 is 19.4 Å². The predicted molar refractivity (Wildman–Crippen MR) is 126 cm³/mol. The van der Waals surface area contributed by atoms with Crippen LogP contribution in [0.1, 0.15) is 23.6 Å². The van der Waals surface area contributed by atoms with Crippen molar-refractivity contribution in [3.63, 3.8) is 0 Å². The molecule has 4 rings (SSSR count). The Morgan fingerprint density at radius 3 is 2.59 bits per heavy atom. The number of amides is 3. The Morgan fingerprint density at radius 2 is 1.88 bits per heavy atom. The minimum Gasteiger partial charge on any atom is -0.870 e. The van der Waals surface area contributed by atoms with Crippen LogP contribution in [0.15, 0.2) is 47.6 Å². The predicted octanol–water partition coefficient (Wildman–Crippen LogP) is 0.621. The van der Waals surface area contributed by atoms with Gasteiger partial charge < -0.3 is 9.84 Å². The van der Waals surface area contributed by atoms with E-state index in [-0.39, 0.29) is 17.4 Å². The van der Waals surface area contributed by atoms with Gasteiger partial charge in [-0.1, -0.05) is 47.7 Å². The monoisotopic (exact) mass is 462 g/mol. The maximum Gasteiger partial charge on any atom is 0.421 e. The molecule has 0 spiro atoms. The maximum atomic E-state index is 13.0. The zero-order valence-electron chi connectivity index (χ0n) is 19.5. The van der Waals surface area contributed by atoms with E-state index in [1.54, 1.807) is 31.0 Å². The first kappa shape index (κ1) is 22.9. The molecule has 2 aliphatic heterocycles. The van der Waals surface area contributed by atoms with Crippen molar-refractivity contribution in [1.29, 1.82) is 0 Å². The molecule has 0 aliphatic carbocycles. The summed E-state index contributed by atoms with van der Waals surface area (Å²) in [6, 6.07) is 11.4. The third-order valence-corrected chi connectivity index (χ3v) is 5.65. The molecule has 2 aromatic carbocycles. The van der Waals surface area contributed by atoms with Crippen LogP contribution in [0, 0.1) is 6.92 Å². The van der Waals surface area contributed by atoms with E-state index in [1.807, 2.05) is 31.2 Å². The Morgan fingerprint density at radius 1 is 1.15 bits per heavy atom. The minimum atomic E-state index is -0.754. The summed E-state index contributed by atoms with van der Waals surface area (Å²) in [7, 11) is 3.05. The molecule has 0 bridgehead atoms. The SMILES string of the molecule is CCOc1cc(/C=N/NC2=[N+]=C3C(C(=O)N(C)C(=O)N3C)N2Cc2ccc(C)cc2)ccc1[O-]. The van der Waals surface area contributed by atoms with Gasteiger partial charge in [-0.05, 0) is 31.0 Å². The second-order valence-electron chi connectivity index (χ2n) is 8.06. The fraction of sp³-hybridized carbons (Fsp3) is 0.292. The van der Waals surface area contributed by atoms with Crippen molar-refractivity contribution in [2.24, 2.45) is 5.10 Å².